The molecule has 19 heavy (non-hydrogen) atoms. The molecule has 0 fully saturated rings. The van der Waals surface area contributed by atoms with Crippen molar-refractivity contribution in [2.24, 2.45) is 0 Å². The number of fused-ring (bicyclic) bond motifs is 1. The molecule has 0 radical (unpaired) electrons. The predicted octanol–water partition coefficient (Wildman–Crippen LogP) is 1.66. The molecule has 5 nitrogen and oxygen atoms in total. The molecule has 0 aliphatic rings. The first-order chi connectivity index (χ1) is 8.96. The highest BCUT2D eigenvalue weighted by molar-refractivity contribution is 7.88. The van der Waals surface area contributed by atoms with Crippen molar-refractivity contribution in [3.63, 3.8) is 0 Å². The average Bonchev–Trinajstić information content (AvgIpc) is 2.80. The molecule has 0 bridgehead atoms. The fourth-order valence-corrected chi connectivity index (χ4v) is 2.83. The van der Waals surface area contributed by atoms with E-state index in [0.717, 1.165) is 16.5 Å². The molecule has 2 aromatic rings. The van der Waals surface area contributed by atoms with Crippen LogP contribution in [0.2, 0.25) is 0 Å². The quantitative estimate of drug-likeness (QED) is 0.780. The summed E-state index contributed by atoms with van der Waals surface area (Å²) in [5.74, 6) is -0.0632. The Morgan fingerprint density at radius 3 is 2.79 bits per heavy atom. The predicted molar refractivity (Wildman–Crippen MR) is 75.2 cm³/mol. The minimum atomic E-state index is -3.29. The van der Waals surface area contributed by atoms with Gasteiger partial charge in [0.25, 0.3) is 0 Å². The van der Waals surface area contributed by atoms with Crippen molar-refractivity contribution < 1.29 is 13.5 Å². The zero-order chi connectivity index (χ0) is 14.0. The third-order valence-corrected chi connectivity index (χ3v) is 4.53. The van der Waals surface area contributed by atoms with E-state index < -0.39 is 16.1 Å². The van der Waals surface area contributed by atoms with Crippen LogP contribution in [0, 0.1) is 0 Å². The molecule has 6 heteroatoms. The van der Waals surface area contributed by atoms with Crippen molar-refractivity contribution in [2.75, 3.05) is 7.05 Å². The topological polar surface area (TPSA) is 82.2 Å². The lowest BCUT2D eigenvalue weighted by Gasteiger charge is -2.07. The third-order valence-electron chi connectivity index (χ3n) is 3.19. The molecule has 1 aromatic heterocycles. The molecule has 1 aromatic carbocycles. The summed E-state index contributed by atoms with van der Waals surface area (Å²) < 4.78 is 25.4. The average molecular weight is 282 g/mol. The molecular formula is C13H18N2O3S. The number of H-pyrrole nitrogens is 1. The zero-order valence-corrected chi connectivity index (χ0v) is 11.8. The maximum Gasteiger partial charge on any atom is 0.215 e. The van der Waals surface area contributed by atoms with E-state index in [2.05, 4.69) is 9.71 Å². The Labute approximate surface area is 112 Å². The Bertz CT molecular complexity index is 676. The molecule has 1 atom stereocenters. The smallest absolute Gasteiger partial charge is 0.215 e. The summed E-state index contributed by atoms with van der Waals surface area (Å²) in [5, 5.41) is 10.8. The molecule has 0 aliphatic carbocycles. The number of hydrogen-bond acceptors (Lipinski definition) is 3. The first kappa shape index (κ1) is 14.0. The van der Waals surface area contributed by atoms with Crippen molar-refractivity contribution in [2.45, 2.75) is 25.2 Å². The van der Waals surface area contributed by atoms with Gasteiger partial charge in [-0.1, -0.05) is 13.0 Å². The van der Waals surface area contributed by atoms with E-state index in [1.54, 1.807) is 12.3 Å². The van der Waals surface area contributed by atoms with Gasteiger partial charge in [0, 0.05) is 22.7 Å². The number of aliphatic hydroxyl groups excluding tert-OH is 1. The number of rotatable bonds is 5. The largest absolute Gasteiger partial charge is 0.388 e. The summed E-state index contributed by atoms with van der Waals surface area (Å²) in [5.41, 5.74) is 2.40. The minimum Gasteiger partial charge on any atom is -0.388 e. The van der Waals surface area contributed by atoms with Crippen LogP contribution in [0.25, 0.3) is 10.9 Å². The van der Waals surface area contributed by atoms with Crippen molar-refractivity contribution in [1.82, 2.24) is 9.71 Å². The van der Waals surface area contributed by atoms with E-state index in [1.807, 2.05) is 19.1 Å². The Hall–Kier alpha value is -1.37. The second-order valence-corrected chi connectivity index (χ2v) is 6.44. The molecule has 0 amide bonds. The number of benzene rings is 1. The lowest BCUT2D eigenvalue weighted by molar-refractivity contribution is 0.175. The maximum absolute atomic E-state index is 11.5. The lowest BCUT2D eigenvalue weighted by atomic mass is 10.0. The highest BCUT2D eigenvalue weighted by Crippen LogP contribution is 2.27. The Balaban J connectivity index is 2.44. The second kappa shape index (κ2) is 5.32. The molecule has 0 aliphatic heterocycles. The van der Waals surface area contributed by atoms with E-state index in [4.69, 9.17) is 0 Å². The summed E-state index contributed by atoms with van der Waals surface area (Å²) >= 11 is 0. The van der Waals surface area contributed by atoms with Crippen LogP contribution in [-0.2, 0) is 15.8 Å². The van der Waals surface area contributed by atoms with Crippen LogP contribution in [0.15, 0.2) is 24.4 Å². The van der Waals surface area contributed by atoms with Crippen LogP contribution >= 0.6 is 0 Å². The molecular weight excluding hydrogens is 264 g/mol. The molecule has 2 rings (SSSR count). The summed E-state index contributed by atoms with van der Waals surface area (Å²) in [6.45, 7) is 1.90. The standard InChI is InChI=1S/C13H18N2O3S/c1-3-13(16)11-7-15-12-5-4-9(6-10(11)12)8-19(17,18)14-2/h4-7,13-16H,3,8H2,1-2H3. The van der Waals surface area contributed by atoms with E-state index >= 15 is 0 Å². The number of hydrogen-bond donors (Lipinski definition) is 3. The van der Waals surface area contributed by atoms with Gasteiger partial charge < -0.3 is 10.1 Å². The fraction of sp³-hybridized carbons (Fsp3) is 0.385. The van der Waals surface area contributed by atoms with Gasteiger partial charge in [-0.25, -0.2) is 13.1 Å². The Kier molecular flexibility index (Phi) is 3.93. The van der Waals surface area contributed by atoms with Crippen molar-refractivity contribution >= 4 is 20.9 Å². The highest BCUT2D eigenvalue weighted by atomic mass is 32.2. The van der Waals surface area contributed by atoms with Crippen LogP contribution in [0.3, 0.4) is 0 Å². The van der Waals surface area contributed by atoms with Crippen molar-refractivity contribution in [3.8, 4) is 0 Å². The van der Waals surface area contributed by atoms with Gasteiger partial charge in [-0.15, -0.1) is 0 Å². The van der Waals surface area contributed by atoms with Crippen LogP contribution in [0.5, 0.6) is 0 Å². The zero-order valence-electron chi connectivity index (χ0n) is 11.0. The summed E-state index contributed by atoms with van der Waals surface area (Å²) in [4.78, 5) is 3.08. The molecule has 1 unspecified atom stereocenters. The molecule has 1 heterocycles. The van der Waals surface area contributed by atoms with Gasteiger partial charge >= 0.3 is 0 Å². The van der Waals surface area contributed by atoms with Gasteiger partial charge in [0.15, 0.2) is 0 Å². The summed E-state index contributed by atoms with van der Waals surface area (Å²) in [6, 6.07) is 5.42. The van der Waals surface area contributed by atoms with Crippen molar-refractivity contribution in [3.05, 3.63) is 35.5 Å². The monoisotopic (exact) mass is 282 g/mol. The first-order valence-corrected chi connectivity index (χ1v) is 7.81. The number of aliphatic hydroxyl groups is 1. The third kappa shape index (κ3) is 2.97. The van der Waals surface area contributed by atoms with Gasteiger partial charge in [0.2, 0.25) is 10.0 Å². The maximum atomic E-state index is 11.5. The number of aromatic amines is 1. The van der Waals surface area contributed by atoms with Gasteiger partial charge in [0.1, 0.15) is 0 Å². The SMILES string of the molecule is CCC(O)c1c[nH]c2ccc(CS(=O)(=O)NC)cc12. The Morgan fingerprint density at radius 1 is 1.42 bits per heavy atom. The summed E-state index contributed by atoms with van der Waals surface area (Å²) in [7, 11) is -1.89. The fourth-order valence-electron chi connectivity index (χ4n) is 2.07. The van der Waals surface area contributed by atoms with Gasteiger partial charge in [-0.2, -0.15) is 0 Å². The highest BCUT2D eigenvalue weighted by Gasteiger charge is 2.14. The normalized spacial score (nSPS) is 13.8. The van der Waals surface area contributed by atoms with E-state index in [1.165, 1.54) is 7.05 Å². The molecule has 3 N–H and O–H groups in total. The number of nitrogens with one attached hydrogen (secondary N) is 2. The number of sulfonamides is 1. The second-order valence-electron chi connectivity index (χ2n) is 4.51. The lowest BCUT2D eigenvalue weighted by Crippen LogP contribution is -2.20. The van der Waals surface area contributed by atoms with E-state index in [9.17, 15) is 13.5 Å². The van der Waals surface area contributed by atoms with Gasteiger partial charge in [-0.05, 0) is 31.2 Å². The molecule has 104 valence electrons. The van der Waals surface area contributed by atoms with Gasteiger partial charge in [0.05, 0.1) is 11.9 Å². The first-order valence-electron chi connectivity index (χ1n) is 6.16. The van der Waals surface area contributed by atoms with Crippen LogP contribution in [-0.4, -0.2) is 25.6 Å². The van der Waals surface area contributed by atoms with E-state index in [-0.39, 0.29) is 5.75 Å². The number of aromatic nitrogens is 1. The Morgan fingerprint density at radius 2 is 2.16 bits per heavy atom. The summed E-state index contributed by atoms with van der Waals surface area (Å²) in [6.07, 6.45) is 1.85. The van der Waals surface area contributed by atoms with E-state index in [0.29, 0.717) is 12.0 Å². The van der Waals surface area contributed by atoms with Crippen LogP contribution in [0.4, 0.5) is 0 Å². The molecule has 0 saturated carbocycles. The van der Waals surface area contributed by atoms with Crippen LogP contribution in [0.1, 0.15) is 30.6 Å². The molecule has 0 spiro atoms. The van der Waals surface area contributed by atoms with Crippen LogP contribution < -0.4 is 4.72 Å². The molecule has 0 saturated heterocycles. The van der Waals surface area contributed by atoms with Gasteiger partial charge in [-0.3, -0.25) is 0 Å². The minimum absolute atomic E-state index is 0.0632. The van der Waals surface area contributed by atoms with Crippen molar-refractivity contribution in [1.29, 1.82) is 0 Å².